The van der Waals surface area contributed by atoms with Crippen molar-refractivity contribution >= 4 is 38.8 Å². The van der Waals surface area contributed by atoms with Crippen molar-refractivity contribution in [1.29, 1.82) is 10.5 Å². The minimum Gasteiger partial charge on any atom is -0.696 e. The molecule has 0 N–H and O–H groups in total. The number of hydrogen-bond donors (Lipinski definition) is 0. The fourth-order valence-corrected chi connectivity index (χ4v) is 0. The van der Waals surface area contributed by atoms with Gasteiger partial charge in [0.25, 0.3) is 0 Å². The predicted molar refractivity (Wildman–Crippen MR) is 33.5 cm³/mol. The van der Waals surface area contributed by atoms with Crippen molar-refractivity contribution in [1.82, 2.24) is 0 Å². The molecule has 0 saturated carbocycles. The van der Waals surface area contributed by atoms with Crippen molar-refractivity contribution in [3.05, 3.63) is 0 Å². The van der Waals surface area contributed by atoms with Gasteiger partial charge in [0.15, 0.2) is 0 Å². The summed E-state index contributed by atoms with van der Waals surface area (Å²) in [7, 11) is 0. The molecule has 6 heteroatoms. The molecule has 3 radical (unpaired) electrons. The van der Waals surface area contributed by atoms with E-state index in [2.05, 4.69) is 25.3 Å². The summed E-state index contributed by atoms with van der Waals surface area (Å²) in [5.74, 6) is 0. The smallest absolute Gasteiger partial charge is 0.696 e. The first-order chi connectivity index (χ1) is 2.83. The summed E-state index contributed by atoms with van der Waals surface area (Å²) >= 11 is 7.40. The zero-order valence-corrected chi connectivity index (χ0v) is 6.81. The molecular formula is C2CuN2S3. The zero-order valence-electron chi connectivity index (χ0n) is 3.42. The molecule has 0 amide bonds. The van der Waals surface area contributed by atoms with Crippen molar-refractivity contribution in [3.63, 3.8) is 0 Å². The number of rotatable bonds is 0. The Balaban J connectivity index is -0.0000000160. The van der Waals surface area contributed by atoms with Gasteiger partial charge >= 0.3 is 17.1 Å². The Labute approximate surface area is 77.0 Å². The number of nitriles is 2. The molecule has 0 aliphatic rings. The number of thiocyanates is 2. The Morgan fingerprint density at radius 1 is 1.00 bits per heavy atom. The fourth-order valence-electron chi connectivity index (χ4n) is 0. The Morgan fingerprint density at radius 3 is 1.00 bits per heavy atom. The molecule has 0 bridgehead atoms. The maximum atomic E-state index is 7.13. The molecule has 0 rings (SSSR count). The molecule has 0 heterocycles. The molecule has 0 aliphatic carbocycles. The summed E-state index contributed by atoms with van der Waals surface area (Å²) in [5.41, 5.74) is 0. The van der Waals surface area contributed by atoms with Crippen LogP contribution in [0.15, 0.2) is 0 Å². The third-order valence-electron chi connectivity index (χ3n) is 0. The molecule has 47 valence electrons. The van der Waals surface area contributed by atoms with E-state index in [0.717, 1.165) is 0 Å². The van der Waals surface area contributed by atoms with Gasteiger partial charge in [0, 0.05) is 13.5 Å². The largest absolute Gasteiger partial charge is 2.00 e. The minimum atomic E-state index is 0. The van der Waals surface area contributed by atoms with E-state index in [1.54, 1.807) is 0 Å². The maximum Gasteiger partial charge on any atom is 2.00 e. The van der Waals surface area contributed by atoms with E-state index in [-0.39, 0.29) is 30.6 Å². The molecule has 0 aliphatic heterocycles. The van der Waals surface area contributed by atoms with Gasteiger partial charge in [-0.05, 0) is 0 Å². The maximum absolute atomic E-state index is 7.13. The molecule has 0 aromatic heterocycles. The molecule has 8 heavy (non-hydrogen) atoms. The van der Waals surface area contributed by atoms with Crippen LogP contribution in [0.2, 0.25) is 0 Å². The average Bonchev–Trinajstić information content (AvgIpc) is 1.39. The summed E-state index contributed by atoms with van der Waals surface area (Å²) in [6.45, 7) is 0. The van der Waals surface area contributed by atoms with Gasteiger partial charge in [0.05, 0.1) is 0 Å². The molecule has 0 aromatic rings. The van der Waals surface area contributed by atoms with E-state index in [1.165, 1.54) is 10.8 Å². The first kappa shape index (κ1) is 23.9. The summed E-state index contributed by atoms with van der Waals surface area (Å²) in [4.78, 5) is 0. The molecule has 0 saturated heterocycles. The Hall–Kier alpha value is 0.289. The van der Waals surface area contributed by atoms with Crippen molar-refractivity contribution in [3.8, 4) is 10.8 Å². The van der Waals surface area contributed by atoms with Gasteiger partial charge in [-0.1, -0.05) is 10.8 Å². The van der Waals surface area contributed by atoms with Crippen LogP contribution in [-0.4, -0.2) is 0 Å². The molecule has 0 atom stereocenters. The van der Waals surface area contributed by atoms with Gasteiger partial charge in [-0.2, -0.15) is 0 Å². The van der Waals surface area contributed by atoms with Crippen LogP contribution in [0.5, 0.6) is 0 Å². The second-order valence-corrected chi connectivity index (χ2v) is 0.548. The van der Waals surface area contributed by atoms with Crippen LogP contribution in [0, 0.1) is 21.3 Å². The summed E-state index contributed by atoms with van der Waals surface area (Å²) in [6.07, 6.45) is 0. The van der Waals surface area contributed by atoms with Crippen LogP contribution in [0.25, 0.3) is 0 Å². The minimum absolute atomic E-state index is 0. The topological polar surface area (TPSA) is 47.6 Å². The van der Waals surface area contributed by atoms with E-state index in [0.29, 0.717) is 0 Å². The second kappa shape index (κ2) is 55.0. The van der Waals surface area contributed by atoms with E-state index in [9.17, 15) is 0 Å². The zero-order chi connectivity index (χ0) is 5.41. The van der Waals surface area contributed by atoms with Crippen molar-refractivity contribution < 1.29 is 17.1 Å². The number of hydrogen-bond acceptors (Lipinski definition) is 4. The van der Waals surface area contributed by atoms with Crippen molar-refractivity contribution in [2.45, 2.75) is 0 Å². The van der Waals surface area contributed by atoms with Crippen LogP contribution in [0.1, 0.15) is 0 Å². The van der Waals surface area contributed by atoms with Gasteiger partial charge in [-0.15, -0.1) is 0 Å². The first-order valence-corrected chi connectivity index (χ1v) is 1.67. The first-order valence-electron chi connectivity index (χ1n) is 0.855. The van der Waals surface area contributed by atoms with E-state index < -0.39 is 0 Å². The third-order valence-corrected chi connectivity index (χ3v) is 0. The van der Waals surface area contributed by atoms with Crippen molar-refractivity contribution in [2.75, 3.05) is 0 Å². The van der Waals surface area contributed by atoms with Crippen LogP contribution in [0.4, 0.5) is 0 Å². The van der Waals surface area contributed by atoms with E-state index in [4.69, 9.17) is 10.5 Å². The van der Waals surface area contributed by atoms with Crippen LogP contribution < -0.4 is 0 Å². The van der Waals surface area contributed by atoms with Gasteiger partial charge in [0.1, 0.15) is 0 Å². The quantitative estimate of drug-likeness (QED) is 0.336. The summed E-state index contributed by atoms with van der Waals surface area (Å²) < 4.78 is 0. The average molecular weight is 212 g/mol. The molecule has 0 unspecified atom stereocenters. The fraction of sp³-hybridized carbons (Fsp3) is 0. The summed E-state index contributed by atoms with van der Waals surface area (Å²) in [6, 6.07) is 0. The van der Waals surface area contributed by atoms with E-state index >= 15 is 0 Å². The van der Waals surface area contributed by atoms with Gasteiger partial charge in [0.2, 0.25) is 0 Å². The monoisotopic (exact) mass is 211 g/mol. The van der Waals surface area contributed by atoms with Crippen LogP contribution in [0.3, 0.4) is 0 Å². The van der Waals surface area contributed by atoms with Crippen molar-refractivity contribution in [2.24, 2.45) is 0 Å². The molecule has 0 fully saturated rings. The molecule has 0 aromatic carbocycles. The SMILES string of the molecule is N#C[S-].N#C[S-].[Cu+2].[S]. The Kier molecular flexibility index (Phi) is 165. The standard InChI is InChI=1S/2CHNS.Cu.S/c2*2-1-3;;/h2*3H;;/q;;+2;/p-2. The van der Waals surface area contributed by atoms with Gasteiger partial charge in [-0.25, -0.2) is 10.5 Å². The van der Waals surface area contributed by atoms with Gasteiger partial charge < -0.3 is 25.3 Å². The Bertz CT molecular complexity index is 70.3. The molecule has 2 nitrogen and oxygen atoms in total. The van der Waals surface area contributed by atoms with E-state index in [1.807, 2.05) is 0 Å². The summed E-state index contributed by atoms with van der Waals surface area (Å²) in [5, 5.41) is 16.9. The molecule has 0 spiro atoms. The van der Waals surface area contributed by atoms with Crippen LogP contribution in [-0.2, 0) is 42.3 Å². The Morgan fingerprint density at radius 2 is 1.00 bits per heavy atom. The van der Waals surface area contributed by atoms with Crippen LogP contribution >= 0.6 is 13.5 Å². The third kappa shape index (κ3) is 2100. The molecular weight excluding hydrogens is 212 g/mol. The number of nitrogens with zero attached hydrogens (tertiary/aromatic N) is 2. The normalized spacial score (nSPS) is 1.75. The predicted octanol–water partition coefficient (Wildman–Crippen LogP) is 0.674. The van der Waals surface area contributed by atoms with Gasteiger partial charge in [-0.3, -0.25) is 0 Å². The second-order valence-electron chi connectivity index (χ2n) is 0.183.